The van der Waals surface area contributed by atoms with Crippen LogP contribution in [0.25, 0.3) is 11.1 Å². The number of carbonyl (C=O) groups excluding carboxylic acids is 1. The third-order valence-electron chi connectivity index (χ3n) is 7.42. The first-order valence-corrected chi connectivity index (χ1v) is 13.0. The second-order valence-electron chi connectivity index (χ2n) is 10.2. The van der Waals surface area contributed by atoms with Crippen molar-refractivity contribution in [1.29, 1.82) is 5.26 Å². The molecule has 0 spiro atoms. The van der Waals surface area contributed by atoms with Gasteiger partial charge >= 0.3 is 0 Å². The lowest BCUT2D eigenvalue weighted by atomic mass is 9.72. The Morgan fingerprint density at radius 3 is 2.51 bits per heavy atom. The van der Waals surface area contributed by atoms with E-state index in [1.54, 1.807) is 11.8 Å². The van der Waals surface area contributed by atoms with Crippen LogP contribution in [0.1, 0.15) is 69.8 Å². The number of nitrogens with zero attached hydrogens (tertiary/aromatic N) is 3. The van der Waals surface area contributed by atoms with E-state index >= 15 is 0 Å². The number of rotatable bonds is 8. The lowest BCUT2D eigenvalue weighted by molar-refractivity contribution is -0.128. The minimum Gasteiger partial charge on any atom is -0.389 e. The van der Waals surface area contributed by atoms with Gasteiger partial charge in [0.2, 0.25) is 5.91 Å². The van der Waals surface area contributed by atoms with Gasteiger partial charge in [-0.15, -0.1) is 0 Å². The maximum absolute atomic E-state index is 14.2. The van der Waals surface area contributed by atoms with Crippen LogP contribution < -0.4 is 4.90 Å². The molecular formula is C32H35N3O2. The van der Waals surface area contributed by atoms with Crippen molar-refractivity contribution in [1.82, 2.24) is 0 Å². The molecule has 1 heterocycles. The van der Waals surface area contributed by atoms with E-state index in [1.807, 2.05) is 74.5 Å². The number of aliphatic hydroxyl groups is 1. The zero-order valence-electron chi connectivity index (χ0n) is 22.1. The summed E-state index contributed by atoms with van der Waals surface area (Å²) in [4.78, 5) is 21.0. The van der Waals surface area contributed by atoms with Crippen molar-refractivity contribution >= 4 is 17.4 Å². The molecule has 3 aromatic carbocycles. The van der Waals surface area contributed by atoms with Gasteiger partial charge in [0.25, 0.3) is 0 Å². The Balaban J connectivity index is 1.69. The molecule has 5 heteroatoms. The fraction of sp³-hybridized carbons (Fsp3) is 0.344. The molecule has 0 aliphatic carbocycles. The molecule has 4 rings (SSSR count). The highest BCUT2D eigenvalue weighted by Gasteiger charge is 2.47. The lowest BCUT2D eigenvalue weighted by Crippen LogP contribution is -2.55. The number of aliphatic hydroxyl groups excluding tert-OH is 1. The Labute approximate surface area is 220 Å². The SMILES string of the molecule is CCCCC1N=C(C)N(c2cccc(C(C)O)c2)C(=O)C1(C)Cc1ccc(-c2ccccc2C#N)cc1. The van der Waals surface area contributed by atoms with Gasteiger partial charge in [-0.1, -0.05) is 74.4 Å². The van der Waals surface area contributed by atoms with Gasteiger partial charge in [0, 0.05) is 0 Å². The molecule has 0 fully saturated rings. The number of hydrogen-bond donors (Lipinski definition) is 1. The van der Waals surface area contributed by atoms with Gasteiger partial charge in [-0.25, -0.2) is 0 Å². The maximum atomic E-state index is 14.2. The van der Waals surface area contributed by atoms with Gasteiger partial charge in [0.1, 0.15) is 5.84 Å². The zero-order valence-corrected chi connectivity index (χ0v) is 22.1. The fourth-order valence-corrected chi connectivity index (χ4v) is 5.23. The van der Waals surface area contributed by atoms with Crippen LogP contribution >= 0.6 is 0 Å². The van der Waals surface area contributed by atoms with E-state index in [0.717, 1.165) is 47.2 Å². The zero-order chi connectivity index (χ0) is 26.6. The highest BCUT2D eigenvalue weighted by atomic mass is 16.3. The van der Waals surface area contributed by atoms with Gasteiger partial charge in [0.15, 0.2) is 0 Å². The molecule has 1 amide bonds. The van der Waals surface area contributed by atoms with E-state index in [9.17, 15) is 15.2 Å². The van der Waals surface area contributed by atoms with Gasteiger partial charge in [-0.2, -0.15) is 5.26 Å². The lowest BCUT2D eigenvalue weighted by Gasteiger charge is -2.43. The summed E-state index contributed by atoms with van der Waals surface area (Å²) in [6, 6.07) is 25.4. The number of hydrogen-bond acceptors (Lipinski definition) is 4. The topological polar surface area (TPSA) is 76.7 Å². The van der Waals surface area contributed by atoms with E-state index < -0.39 is 11.5 Å². The molecule has 0 aromatic heterocycles. The number of benzene rings is 3. The van der Waals surface area contributed by atoms with E-state index in [2.05, 4.69) is 25.1 Å². The summed E-state index contributed by atoms with van der Waals surface area (Å²) in [5.41, 5.74) is 4.36. The minimum absolute atomic E-state index is 0.0303. The Hall–Kier alpha value is -3.75. The molecule has 3 aromatic rings. The molecule has 37 heavy (non-hydrogen) atoms. The first-order valence-electron chi connectivity index (χ1n) is 13.0. The first-order chi connectivity index (χ1) is 17.8. The Bertz CT molecular complexity index is 1340. The predicted molar refractivity (Wildman–Crippen MR) is 149 cm³/mol. The summed E-state index contributed by atoms with van der Waals surface area (Å²) < 4.78 is 0. The third-order valence-corrected chi connectivity index (χ3v) is 7.42. The van der Waals surface area contributed by atoms with E-state index in [1.165, 1.54) is 0 Å². The Kier molecular flexibility index (Phi) is 7.90. The average Bonchev–Trinajstić information content (AvgIpc) is 2.91. The number of anilines is 1. The van der Waals surface area contributed by atoms with Crippen LogP contribution in [-0.4, -0.2) is 22.9 Å². The standard InChI is InChI=1S/C32H35N3O2/c1-5-6-14-30-32(4,20-24-15-17-25(18-16-24)29-13-8-7-10-27(29)21-33)31(37)35(23(3)34-30)28-12-9-11-26(19-28)22(2)36/h7-13,15-19,22,30,36H,5-6,14,20H2,1-4H3. The fourth-order valence-electron chi connectivity index (χ4n) is 5.23. The quantitative estimate of drug-likeness (QED) is 0.373. The Morgan fingerprint density at radius 2 is 1.84 bits per heavy atom. The van der Waals surface area contributed by atoms with Crippen molar-refractivity contribution in [2.45, 2.75) is 65.5 Å². The molecule has 0 saturated carbocycles. The summed E-state index contributed by atoms with van der Waals surface area (Å²) in [5.74, 6) is 0.720. The molecule has 1 N–H and O–H groups in total. The summed E-state index contributed by atoms with van der Waals surface area (Å²) >= 11 is 0. The summed E-state index contributed by atoms with van der Waals surface area (Å²) in [6.07, 6.45) is 2.84. The minimum atomic E-state index is -0.721. The number of aliphatic imine (C=N–C) groups is 1. The molecule has 3 atom stereocenters. The van der Waals surface area contributed by atoms with Crippen LogP contribution in [0.2, 0.25) is 0 Å². The smallest absolute Gasteiger partial charge is 0.240 e. The average molecular weight is 494 g/mol. The van der Waals surface area contributed by atoms with E-state index in [0.29, 0.717) is 17.8 Å². The summed E-state index contributed by atoms with van der Waals surface area (Å²) in [6.45, 7) is 7.81. The van der Waals surface area contributed by atoms with Crippen molar-refractivity contribution in [3.63, 3.8) is 0 Å². The third kappa shape index (κ3) is 5.35. The molecule has 1 aliphatic rings. The van der Waals surface area contributed by atoms with Crippen molar-refractivity contribution in [2.24, 2.45) is 10.4 Å². The monoisotopic (exact) mass is 493 g/mol. The van der Waals surface area contributed by atoms with E-state index in [-0.39, 0.29) is 11.9 Å². The molecule has 1 aliphatic heterocycles. The number of amidine groups is 1. The highest BCUT2D eigenvalue weighted by Crippen LogP contribution is 2.40. The number of carbonyl (C=O) groups is 1. The normalized spacial score (nSPS) is 20.3. The van der Waals surface area contributed by atoms with Gasteiger partial charge in [-0.3, -0.25) is 14.7 Å². The van der Waals surface area contributed by atoms with Crippen LogP contribution in [0.4, 0.5) is 5.69 Å². The van der Waals surface area contributed by atoms with Crippen molar-refractivity contribution < 1.29 is 9.90 Å². The largest absolute Gasteiger partial charge is 0.389 e. The van der Waals surface area contributed by atoms with Crippen LogP contribution in [-0.2, 0) is 11.2 Å². The second-order valence-corrected chi connectivity index (χ2v) is 10.2. The maximum Gasteiger partial charge on any atom is 0.240 e. The number of amides is 1. The number of nitriles is 1. The molecule has 0 bridgehead atoms. The van der Waals surface area contributed by atoms with Crippen LogP contribution in [0.3, 0.4) is 0 Å². The number of unbranched alkanes of at least 4 members (excludes halogenated alkanes) is 1. The molecule has 5 nitrogen and oxygen atoms in total. The van der Waals surface area contributed by atoms with Crippen molar-refractivity contribution in [3.8, 4) is 17.2 Å². The van der Waals surface area contributed by atoms with Crippen LogP contribution in [0, 0.1) is 16.7 Å². The summed E-state index contributed by atoms with van der Waals surface area (Å²) in [5, 5.41) is 19.6. The molecule has 0 saturated heterocycles. The van der Waals surface area contributed by atoms with Crippen molar-refractivity contribution in [3.05, 3.63) is 89.5 Å². The second kappa shape index (κ2) is 11.1. The van der Waals surface area contributed by atoms with Crippen molar-refractivity contribution in [2.75, 3.05) is 4.90 Å². The molecule has 0 radical (unpaired) electrons. The van der Waals surface area contributed by atoms with Gasteiger partial charge < -0.3 is 5.11 Å². The van der Waals surface area contributed by atoms with Crippen LogP contribution in [0.5, 0.6) is 0 Å². The highest BCUT2D eigenvalue weighted by molar-refractivity contribution is 6.19. The molecule has 3 unspecified atom stereocenters. The first kappa shape index (κ1) is 26.3. The summed E-state index contributed by atoms with van der Waals surface area (Å²) in [7, 11) is 0. The Morgan fingerprint density at radius 1 is 1.11 bits per heavy atom. The molecular weight excluding hydrogens is 458 g/mol. The van der Waals surface area contributed by atoms with Gasteiger partial charge in [-0.05, 0) is 74.1 Å². The van der Waals surface area contributed by atoms with Crippen LogP contribution in [0.15, 0.2) is 77.8 Å². The molecule has 190 valence electrons. The van der Waals surface area contributed by atoms with Gasteiger partial charge in [0.05, 0.1) is 34.9 Å². The predicted octanol–water partition coefficient (Wildman–Crippen LogP) is 6.85. The van der Waals surface area contributed by atoms with E-state index in [4.69, 9.17) is 4.99 Å².